The molecule has 6 heteroatoms. The maximum Gasteiger partial charge on any atom is 0.270 e. The highest BCUT2D eigenvalue weighted by molar-refractivity contribution is 5.88. The summed E-state index contributed by atoms with van der Waals surface area (Å²) < 4.78 is 5.76. The van der Waals surface area contributed by atoms with E-state index in [-0.39, 0.29) is 5.69 Å². The molecule has 104 valence electrons. The Morgan fingerprint density at radius 1 is 1.45 bits per heavy atom. The Bertz CT molecular complexity index is 639. The quantitative estimate of drug-likeness (QED) is 0.683. The summed E-state index contributed by atoms with van der Waals surface area (Å²) in [5.74, 6) is 0.533. The number of aromatic nitrogens is 1. The van der Waals surface area contributed by atoms with Crippen molar-refractivity contribution < 1.29 is 9.66 Å². The van der Waals surface area contributed by atoms with E-state index in [0.29, 0.717) is 18.5 Å². The Labute approximate surface area is 115 Å². The molecule has 2 heterocycles. The summed E-state index contributed by atoms with van der Waals surface area (Å²) in [7, 11) is 0. The van der Waals surface area contributed by atoms with Crippen LogP contribution in [-0.4, -0.2) is 29.1 Å². The zero-order valence-electron chi connectivity index (χ0n) is 10.9. The molecule has 0 aliphatic carbocycles. The third kappa shape index (κ3) is 2.55. The minimum atomic E-state index is -0.400. The number of pyridine rings is 1. The molecule has 1 aliphatic heterocycles. The largest absolute Gasteiger partial charge is 0.476 e. The third-order valence-corrected chi connectivity index (χ3v) is 3.51. The minimum Gasteiger partial charge on any atom is -0.476 e. The molecule has 0 radical (unpaired) electrons. The fraction of sp³-hybridized carbons (Fsp3) is 0.357. The maximum absolute atomic E-state index is 10.8. The zero-order valence-corrected chi connectivity index (χ0v) is 10.9. The smallest absolute Gasteiger partial charge is 0.270 e. The van der Waals surface area contributed by atoms with Crippen LogP contribution in [0.4, 0.5) is 5.69 Å². The molecule has 1 saturated heterocycles. The van der Waals surface area contributed by atoms with E-state index < -0.39 is 4.92 Å². The van der Waals surface area contributed by atoms with Gasteiger partial charge in [-0.2, -0.15) is 0 Å². The van der Waals surface area contributed by atoms with Crippen LogP contribution in [0.1, 0.15) is 12.8 Å². The zero-order chi connectivity index (χ0) is 13.9. The van der Waals surface area contributed by atoms with E-state index in [0.717, 1.165) is 23.7 Å². The van der Waals surface area contributed by atoms with Crippen LogP contribution in [0.15, 0.2) is 30.5 Å². The lowest BCUT2D eigenvalue weighted by Gasteiger charge is -2.12. The first-order chi connectivity index (χ1) is 9.74. The first-order valence-electron chi connectivity index (χ1n) is 6.63. The van der Waals surface area contributed by atoms with Gasteiger partial charge in [-0.15, -0.1) is 0 Å². The van der Waals surface area contributed by atoms with Gasteiger partial charge in [-0.1, -0.05) is 0 Å². The average molecular weight is 273 g/mol. The molecule has 20 heavy (non-hydrogen) atoms. The van der Waals surface area contributed by atoms with Gasteiger partial charge >= 0.3 is 0 Å². The van der Waals surface area contributed by atoms with E-state index in [4.69, 9.17) is 4.74 Å². The number of non-ortho nitro benzene ring substituents is 1. The Kier molecular flexibility index (Phi) is 3.47. The van der Waals surface area contributed by atoms with Gasteiger partial charge in [0.25, 0.3) is 5.69 Å². The third-order valence-electron chi connectivity index (χ3n) is 3.51. The summed E-state index contributed by atoms with van der Waals surface area (Å²) in [5.41, 5.74) is 0.0760. The monoisotopic (exact) mass is 273 g/mol. The maximum atomic E-state index is 10.8. The molecule has 0 saturated carbocycles. The predicted octanol–water partition coefficient (Wildman–Crippen LogP) is 2.27. The number of rotatable bonds is 4. The van der Waals surface area contributed by atoms with Crippen LogP contribution in [-0.2, 0) is 0 Å². The molecule has 1 N–H and O–H groups in total. The minimum absolute atomic E-state index is 0.0760. The van der Waals surface area contributed by atoms with E-state index in [1.807, 2.05) is 0 Å². The highest BCUT2D eigenvalue weighted by Crippen LogP contribution is 2.27. The lowest BCUT2D eigenvalue weighted by Crippen LogP contribution is -2.28. The number of nitrogens with one attached hydrogen (secondary N) is 1. The van der Waals surface area contributed by atoms with Crippen LogP contribution in [0, 0.1) is 10.1 Å². The number of ether oxygens (including phenoxy) is 1. The van der Waals surface area contributed by atoms with Gasteiger partial charge in [-0.25, -0.2) is 4.98 Å². The molecule has 0 bridgehead atoms. The first kappa shape index (κ1) is 12.8. The van der Waals surface area contributed by atoms with Crippen molar-refractivity contribution in [3.05, 3.63) is 40.6 Å². The van der Waals surface area contributed by atoms with Crippen molar-refractivity contribution in [2.45, 2.75) is 18.9 Å². The molecule has 0 amide bonds. The van der Waals surface area contributed by atoms with Crippen molar-refractivity contribution >= 4 is 16.5 Å². The Morgan fingerprint density at radius 3 is 3.10 bits per heavy atom. The van der Waals surface area contributed by atoms with Crippen molar-refractivity contribution in [2.24, 2.45) is 0 Å². The Hall–Kier alpha value is -2.21. The normalized spacial score (nSPS) is 18.3. The van der Waals surface area contributed by atoms with Gasteiger partial charge in [-0.05, 0) is 36.9 Å². The van der Waals surface area contributed by atoms with E-state index in [2.05, 4.69) is 10.3 Å². The van der Waals surface area contributed by atoms with Crippen LogP contribution in [0.5, 0.6) is 5.88 Å². The van der Waals surface area contributed by atoms with Gasteiger partial charge in [0, 0.05) is 29.8 Å². The first-order valence-corrected chi connectivity index (χ1v) is 6.63. The molecular weight excluding hydrogens is 258 g/mol. The lowest BCUT2D eigenvalue weighted by atomic mass is 10.1. The standard InChI is InChI=1S/C14H15N3O3/c18-17(19)12-3-4-13-10(8-12)5-7-16-14(13)20-9-11-2-1-6-15-11/h3-5,7-8,11,15H,1-2,6,9H2. The van der Waals surface area contributed by atoms with Crippen LogP contribution in [0.25, 0.3) is 10.8 Å². The number of benzene rings is 1. The van der Waals surface area contributed by atoms with Crippen LogP contribution in [0.2, 0.25) is 0 Å². The van der Waals surface area contributed by atoms with Crippen molar-refractivity contribution in [1.82, 2.24) is 10.3 Å². The second-order valence-corrected chi connectivity index (χ2v) is 4.88. The number of nitrogens with zero attached hydrogens (tertiary/aromatic N) is 2. The van der Waals surface area contributed by atoms with Crippen molar-refractivity contribution in [2.75, 3.05) is 13.2 Å². The van der Waals surface area contributed by atoms with Crippen LogP contribution >= 0.6 is 0 Å². The molecule has 1 unspecified atom stereocenters. The summed E-state index contributed by atoms with van der Waals surface area (Å²) in [6.45, 7) is 1.60. The summed E-state index contributed by atoms with van der Waals surface area (Å²) in [6.07, 6.45) is 3.89. The molecule has 1 fully saturated rings. The summed E-state index contributed by atoms with van der Waals surface area (Å²) in [4.78, 5) is 14.6. The second kappa shape index (κ2) is 5.42. The summed E-state index contributed by atoms with van der Waals surface area (Å²) in [6, 6.07) is 6.83. The van der Waals surface area contributed by atoms with E-state index in [9.17, 15) is 10.1 Å². The van der Waals surface area contributed by atoms with Crippen molar-refractivity contribution in [3.8, 4) is 5.88 Å². The molecule has 6 nitrogen and oxygen atoms in total. The molecule has 2 aromatic rings. The number of nitro benzene ring substituents is 1. The molecular formula is C14H15N3O3. The van der Waals surface area contributed by atoms with Gasteiger partial charge < -0.3 is 10.1 Å². The van der Waals surface area contributed by atoms with Crippen LogP contribution in [0.3, 0.4) is 0 Å². The predicted molar refractivity (Wildman–Crippen MR) is 74.9 cm³/mol. The fourth-order valence-corrected chi connectivity index (χ4v) is 2.44. The number of hydrogen-bond donors (Lipinski definition) is 1. The van der Waals surface area contributed by atoms with E-state index in [1.54, 1.807) is 18.3 Å². The lowest BCUT2D eigenvalue weighted by molar-refractivity contribution is -0.384. The highest BCUT2D eigenvalue weighted by atomic mass is 16.6. The molecule has 1 aromatic heterocycles. The molecule has 1 aromatic carbocycles. The molecule has 0 spiro atoms. The summed E-state index contributed by atoms with van der Waals surface area (Å²) >= 11 is 0. The Morgan fingerprint density at radius 2 is 2.35 bits per heavy atom. The van der Waals surface area contributed by atoms with Crippen molar-refractivity contribution in [3.63, 3.8) is 0 Å². The van der Waals surface area contributed by atoms with Crippen molar-refractivity contribution in [1.29, 1.82) is 0 Å². The molecule has 1 atom stereocenters. The van der Waals surface area contributed by atoms with E-state index >= 15 is 0 Å². The number of nitro groups is 1. The summed E-state index contributed by atoms with van der Waals surface area (Å²) in [5, 5.41) is 15.7. The topological polar surface area (TPSA) is 77.3 Å². The van der Waals surface area contributed by atoms with E-state index in [1.165, 1.54) is 18.6 Å². The number of hydrogen-bond acceptors (Lipinski definition) is 5. The second-order valence-electron chi connectivity index (χ2n) is 4.88. The Balaban J connectivity index is 1.85. The van der Waals surface area contributed by atoms with Gasteiger partial charge in [0.15, 0.2) is 0 Å². The molecule has 1 aliphatic rings. The fourth-order valence-electron chi connectivity index (χ4n) is 2.44. The molecule has 3 rings (SSSR count). The van der Waals surface area contributed by atoms with Gasteiger partial charge in [0.1, 0.15) is 6.61 Å². The SMILES string of the molecule is O=[N+]([O-])c1ccc2c(OCC3CCCN3)nccc2c1. The highest BCUT2D eigenvalue weighted by Gasteiger charge is 2.16. The average Bonchev–Trinajstić information content (AvgIpc) is 2.97. The van der Waals surface area contributed by atoms with Gasteiger partial charge in [-0.3, -0.25) is 10.1 Å². The van der Waals surface area contributed by atoms with Gasteiger partial charge in [0.05, 0.1) is 4.92 Å². The number of fused-ring (bicyclic) bond motifs is 1. The van der Waals surface area contributed by atoms with Gasteiger partial charge in [0.2, 0.25) is 5.88 Å². The van der Waals surface area contributed by atoms with Crippen LogP contribution < -0.4 is 10.1 Å².